The molecule has 0 unspecified atom stereocenters. The van der Waals surface area contributed by atoms with Crippen molar-refractivity contribution in [2.45, 2.75) is 71.2 Å². The number of carbonyl (C=O) groups is 4. The van der Waals surface area contributed by atoms with Crippen LogP contribution in [-0.2, 0) is 19.2 Å². The Kier molecular flexibility index (Phi) is 12.3. The first-order valence-corrected chi connectivity index (χ1v) is 11.2. The van der Waals surface area contributed by atoms with E-state index in [0.717, 1.165) is 4.90 Å². The predicted octanol–water partition coefficient (Wildman–Crippen LogP) is 0.639. The van der Waals surface area contributed by atoms with Gasteiger partial charge in [-0.15, -0.1) is 12.6 Å². The molecule has 0 radical (unpaired) electrons. The van der Waals surface area contributed by atoms with Crippen molar-refractivity contribution in [3.8, 4) is 0 Å². The Morgan fingerprint density at radius 3 is 2.10 bits per heavy atom. The van der Waals surface area contributed by atoms with Crippen LogP contribution >= 0.6 is 12.6 Å². The van der Waals surface area contributed by atoms with E-state index < -0.39 is 34.0 Å². The summed E-state index contributed by atoms with van der Waals surface area (Å²) < 4.78 is 0. The molecule has 0 aromatic carbocycles. The third kappa shape index (κ3) is 8.42. The van der Waals surface area contributed by atoms with Crippen LogP contribution in [-0.4, -0.2) is 66.6 Å². The van der Waals surface area contributed by atoms with Crippen molar-refractivity contribution in [2.24, 2.45) is 17.1 Å². The molecule has 0 aromatic heterocycles. The molecule has 10 heteroatoms. The number of hydrogen-bond acceptors (Lipinski definition) is 7. The average Bonchev–Trinajstić information content (AvgIpc) is 2.65. The number of likely N-dealkylation sites (N-methyl/N-ethyl adjacent to an activating group) is 2. The Hall–Kier alpha value is -1.65. The number of hydrogen-bond donors (Lipinski definition) is 5. The molecular weight excluding hydrogens is 418 g/mol. The van der Waals surface area contributed by atoms with Gasteiger partial charge in [0.1, 0.15) is 0 Å². The average molecular weight is 460 g/mol. The maximum absolute atomic E-state index is 13.3. The fraction of sp³-hybridized carbons (Fsp3) is 0.810. The van der Waals surface area contributed by atoms with Crippen LogP contribution in [0.15, 0.2) is 0 Å². The fourth-order valence-corrected chi connectivity index (χ4v) is 3.47. The largest absolute Gasteiger partial charge is 0.356 e. The summed E-state index contributed by atoms with van der Waals surface area (Å²) in [7, 11) is 3.12. The number of nitrogens with two attached hydrogens (primary N) is 1. The molecule has 0 fully saturated rings. The summed E-state index contributed by atoms with van der Waals surface area (Å²) in [6, 6.07) is -0.927. The van der Waals surface area contributed by atoms with E-state index in [4.69, 9.17) is 5.73 Å². The van der Waals surface area contributed by atoms with E-state index in [1.54, 1.807) is 27.8 Å². The van der Waals surface area contributed by atoms with E-state index in [9.17, 15) is 19.2 Å². The lowest BCUT2D eigenvalue weighted by Crippen LogP contribution is -2.67. The number of carbonyl (C=O) groups excluding carboxylic acids is 4. The smallest absolute Gasteiger partial charge is 0.257 e. The summed E-state index contributed by atoms with van der Waals surface area (Å²) in [6.45, 7) is 9.72. The van der Waals surface area contributed by atoms with Gasteiger partial charge in [-0.2, -0.15) is 0 Å². The van der Waals surface area contributed by atoms with Crippen LogP contribution in [0.1, 0.15) is 60.3 Å². The number of thiol groups is 1. The van der Waals surface area contributed by atoms with Gasteiger partial charge >= 0.3 is 0 Å². The molecule has 0 rings (SSSR count). The molecule has 0 heterocycles. The fourth-order valence-electron chi connectivity index (χ4n) is 3.15. The van der Waals surface area contributed by atoms with Gasteiger partial charge in [0.2, 0.25) is 17.7 Å². The highest BCUT2D eigenvalue weighted by molar-refractivity contribution is 7.82. The quantitative estimate of drug-likeness (QED) is 0.165. The second kappa shape index (κ2) is 13.0. The number of amides is 4. The molecule has 9 nitrogen and oxygen atoms in total. The van der Waals surface area contributed by atoms with Gasteiger partial charge < -0.3 is 21.7 Å². The van der Waals surface area contributed by atoms with E-state index in [0.29, 0.717) is 25.8 Å². The zero-order chi connectivity index (χ0) is 24.4. The van der Waals surface area contributed by atoms with E-state index in [2.05, 4.69) is 28.6 Å². The molecular formula is C21H41N5O4S. The van der Waals surface area contributed by atoms with Gasteiger partial charge in [-0.3, -0.25) is 24.1 Å². The topological polar surface area (TPSA) is 134 Å². The highest BCUT2D eigenvalue weighted by Gasteiger charge is 2.54. The van der Waals surface area contributed by atoms with Gasteiger partial charge in [-0.25, -0.2) is 0 Å². The van der Waals surface area contributed by atoms with Crippen LogP contribution in [0.5, 0.6) is 0 Å². The predicted molar refractivity (Wildman–Crippen MR) is 125 cm³/mol. The van der Waals surface area contributed by atoms with Crippen molar-refractivity contribution in [2.75, 3.05) is 27.2 Å². The highest BCUT2D eigenvalue weighted by Crippen LogP contribution is 2.40. The van der Waals surface area contributed by atoms with Crippen LogP contribution in [0.4, 0.5) is 0 Å². The van der Waals surface area contributed by atoms with Crippen LogP contribution in [0.3, 0.4) is 0 Å². The Morgan fingerprint density at radius 2 is 1.65 bits per heavy atom. The molecule has 0 aliphatic heterocycles. The van der Waals surface area contributed by atoms with Gasteiger partial charge in [-0.05, 0) is 32.2 Å². The maximum atomic E-state index is 13.3. The molecule has 31 heavy (non-hydrogen) atoms. The molecule has 0 aromatic rings. The van der Waals surface area contributed by atoms with Crippen LogP contribution in [0, 0.1) is 11.3 Å². The van der Waals surface area contributed by atoms with E-state index in [1.165, 1.54) is 7.05 Å². The minimum Gasteiger partial charge on any atom is -0.356 e. The van der Waals surface area contributed by atoms with Gasteiger partial charge in [0.05, 0.1) is 12.6 Å². The second-order valence-corrected chi connectivity index (χ2v) is 9.79. The molecule has 5 N–H and O–H groups in total. The van der Waals surface area contributed by atoms with E-state index >= 15 is 0 Å². The third-order valence-corrected chi connectivity index (χ3v) is 5.98. The lowest BCUT2D eigenvalue weighted by atomic mass is 9.83. The zero-order valence-electron chi connectivity index (χ0n) is 20.0. The Bertz CT molecular complexity index is 636. The molecule has 180 valence electrons. The van der Waals surface area contributed by atoms with Crippen molar-refractivity contribution < 1.29 is 19.2 Å². The number of unbranched alkanes of at least 4 members (excludes halogenated alkanes) is 1. The minimum atomic E-state index is -1.72. The number of rotatable bonds is 12. The molecule has 0 aliphatic rings. The summed E-state index contributed by atoms with van der Waals surface area (Å²) in [5, 5.41) is 8.02. The third-order valence-electron chi connectivity index (χ3n) is 4.90. The summed E-state index contributed by atoms with van der Waals surface area (Å²) in [5.41, 5.74) is 5.25. The summed E-state index contributed by atoms with van der Waals surface area (Å²) in [4.78, 5) is 50.1. The minimum absolute atomic E-state index is 0.0252. The lowest BCUT2D eigenvalue weighted by Gasteiger charge is -2.46. The molecule has 0 aliphatic carbocycles. The first-order valence-electron chi connectivity index (χ1n) is 10.7. The Morgan fingerprint density at radius 1 is 1.06 bits per heavy atom. The van der Waals surface area contributed by atoms with E-state index in [-0.39, 0.29) is 24.8 Å². The molecule has 4 amide bonds. The highest BCUT2D eigenvalue weighted by atomic mass is 32.1. The van der Waals surface area contributed by atoms with Gasteiger partial charge in [0, 0.05) is 25.4 Å². The number of nitrogens with zero attached hydrogens (tertiary/aromatic N) is 1. The lowest BCUT2D eigenvalue weighted by molar-refractivity contribution is -0.159. The standard InChI is InChI=1S/C21H41N5O4S/c1-14(2)12-15(22)18(29)26(21(31,19(30)24-7)20(3,4)5)17(28)10-8-9-11-25-16(27)13-23-6/h14-15,23,31H,8-13,22H2,1-7H3,(H,24,30)(H,25,27)/t15-,21-/m0/s1. The van der Waals surface area contributed by atoms with Crippen molar-refractivity contribution in [1.29, 1.82) is 0 Å². The molecule has 0 bridgehead atoms. The van der Waals surface area contributed by atoms with Crippen LogP contribution in [0.25, 0.3) is 0 Å². The van der Waals surface area contributed by atoms with Crippen molar-refractivity contribution in [3.63, 3.8) is 0 Å². The second-order valence-electron chi connectivity index (χ2n) is 9.14. The van der Waals surface area contributed by atoms with E-state index in [1.807, 2.05) is 13.8 Å². The van der Waals surface area contributed by atoms with Gasteiger partial charge in [0.15, 0.2) is 4.87 Å². The first kappa shape index (κ1) is 29.4. The van der Waals surface area contributed by atoms with Crippen molar-refractivity contribution >= 4 is 36.3 Å². The molecule has 0 saturated carbocycles. The molecule has 0 saturated heterocycles. The molecule has 2 atom stereocenters. The Labute approximate surface area is 192 Å². The normalized spacial score (nSPS) is 14.5. The monoisotopic (exact) mass is 459 g/mol. The number of nitrogens with one attached hydrogen (secondary N) is 3. The number of imide groups is 1. The summed E-state index contributed by atoms with van der Waals surface area (Å²) in [5.74, 6) is -1.68. The molecule has 0 spiro atoms. The van der Waals surface area contributed by atoms with Crippen LogP contribution in [0.2, 0.25) is 0 Å². The maximum Gasteiger partial charge on any atom is 0.257 e. The van der Waals surface area contributed by atoms with Gasteiger partial charge in [0.25, 0.3) is 5.91 Å². The van der Waals surface area contributed by atoms with Crippen molar-refractivity contribution in [1.82, 2.24) is 20.9 Å². The summed E-state index contributed by atoms with van der Waals surface area (Å²) in [6.07, 6.45) is 1.39. The van der Waals surface area contributed by atoms with Gasteiger partial charge in [-0.1, -0.05) is 34.6 Å². The van der Waals surface area contributed by atoms with Crippen molar-refractivity contribution in [3.05, 3.63) is 0 Å². The SMILES string of the molecule is CNCC(=O)NCCCCC(=O)N(C(=O)[C@@H](N)CC(C)C)[C@](S)(C(=O)NC)C(C)(C)C. The Balaban J connectivity index is 5.63. The first-order chi connectivity index (χ1) is 14.2. The van der Waals surface area contributed by atoms with Crippen LogP contribution < -0.4 is 21.7 Å². The zero-order valence-corrected chi connectivity index (χ0v) is 20.9. The summed E-state index contributed by atoms with van der Waals surface area (Å²) >= 11 is 4.60.